The number of hydrogen-bond donors (Lipinski definition) is 2. The molecule has 0 aromatic heterocycles. The van der Waals surface area contributed by atoms with Crippen LogP contribution in [0.4, 0.5) is 0 Å². The second kappa shape index (κ2) is 9.83. The smallest absolute Gasteiger partial charge is 0.0701 e. The maximum atomic E-state index is 8.68. The van der Waals surface area contributed by atoms with Gasteiger partial charge in [-0.15, -0.1) is 0 Å². The first-order valence-corrected chi connectivity index (χ1v) is 6.92. The van der Waals surface area contributed by atoms with Gasteiger partial charge in [-0.05, 0) is 32.2 Å². The summed E-state index contributed by atoms with van der Waals surface area (Å²) in [4.78, 5) is 2.50. The Morgan fingerprint density at radius 1 is 0.941 bits per heavy atom. The van der Waals surface area contributed by atoms with Crippen LogP contribution in [0.1, 0.15) is 38.5 Å². The monoisotopic (exact) mass is 245 g/mol. The van der Waals surface area contributed by atoms with Crippen molar-refractivity contribution in [2.45, 2.75) is 44.6 Å². The normalized spacial score (nSPS) is 18.7. The Labute approximate surface area is 105 Å². The Balaban J connectivity index is 1.95. The van der Waals surface area contributed by atoms with Gasteiger partial charge in [0, 0.05) is 19.7 Å². The minimum atomic E-state index is 0.130. The SMILES string of the molecule is OCCCCCCN1CCC(OCCO)CC1. The van der Waals surface area contributed by atoms with Crippen LogP contribution in [0.3, 0.4) is 0 Å². The van der Waals surface area contributed by atoms with Crippen LogP contribution in [0.15, 0.2) is 0 Å². The molecule has 1 rings (SSSR count). The van der Waals surface area contributed by atoms with E-state index in [0.717, 1.165) is 38.8 Å². The maximum absolute atomic E-state index is 8.68. The van der Waals surface area contributed by atoms with Gasteiger partial charge in [0.25, 0.3) is 0 Å². The molecule has 0 aromatic rings. The predicted octanol–water partition coefficient (Wildman–Crippen LogP) is 1.01. The number of rotatable bonds is 9. The third-order valence-corrected chi connectivity index (χ3v) is 3.36. The van der Waals surface area contributed by atoms with E-state index in [0.29, 0.717) is 19.3 Å². The Morgan fingerprint density at radius 2 is 1.65 bits per heavy atom. The number of piperidine rings is 1. The van der Waals surface area contributed by atoms with Crippen LogP contribution in [0.2, 0.25) is 0 Å². The molecule has 0 radical (unpaired) electrons. The molecule has 17 heavy (non-hydrogen) atoms. The molecule has 1 fully saturated rings. The van der Waals surface area contributed by atoms with Crippen LogP contribution in [-0.4, -0.2) is 60.7 Å². The molecule has 2 N–H and O–H groups in total. The lowest BCUT2D eigenvalue weighted by molar-refractivity contribution is -0.00789. The number of hydrogen-bond acceptors (Lipinski definition) is 4. The third-order valence-electron chi connectivity index (χ3n) is 3.36. The largest absolute Gasteiger partial charge is 0.396 e. The zero-order valence-corrected chi connectivity index (χ0v) is 10.8. The van der Waals surface area contributed by atoms with E-state index in [4.69, 9.17) is 14.9 Å². The maximum Gasteiger partial charge on any atom is 0.0701 e. The first-order valence-electron chi connectivity index (χ1n) is 6.92. The summed E-state index contributed by atoms with van der Waals surface area (Å²) >= 11 is 0. The van der Waals surface area contributed by atoms with Crippen molar-refractivity contribution >= 4 is 0 Å². The minimum Gasteiger partial charge on any atom is -0.396 e. The third kappa shape index (κ3) is 6.99. The summed E-state index contributed by atoms with van der Waals surface area (Å²) in [6.45, 7) is 4.36. The summed E-state index contributed by atoms with van der Waals surface area (Å²) in [5.41, 5.74) is 0. The summed E-state index contributed by atoms with van der Waals surface area (Å²) in [5.74, 6) is 0. The molecule has 0 aliphatic carbocycles. The lowest BCUT2D eigenvalue weighted by Crippen LogP contribution is -2.37. The van der Waals surface area contributed by atoms with Crippen molar-refractivity contribution in [3.8, 4) is 0 Å². The van der Waals surface area contributed by atoms with Crippen LogP contribution >= 0.6 is 0 Å². The molecule has 0 unspecified atom stereocenters. The molecule has 1 aliphatic rings. The number of likely N-dealkylation sites (tertiary alicyclic amines) is 1. The van der Waals surface area contributed by atoms with Crippen molar-refractivity contribution in [3.63, 3.8) is 0 Å². The second-order valence-electron chi connectivity index (χ2n) is 4.77. The van der Waals surface area contributed by atoms with Gasteiger partial charge in [0.1, 0.15) is 0 Å². The molecule has 0 aromatic carbocycles. The van der Waals surface area contributed by atoms with E-state index in [1.54, 1.807) is 0 Å². The molecular formula is C13H27NO3. The van der Waals surface area contributed by atoms with Gasteiger partial charge in [0.2, 0.25) is 0 Å². The lowest BCUT2D eigenvalue weighted by atomic mass is 10.1. The predicted molar refractivity (Wildman–Crippen MR) is 68.1 cm³/mol. The molecule has 0 amide bonds. The standard InChI is InChI=1S/C13H27NO3/c15-10-4-2-1-3-7-14-8-5-13(6-9-14)17-12-11-16/h13,15-16H,1-12H2. The van der Waals surface area contributed by atoms with E-state index in [1.807, 2.05) is 0 Å². The number of aliphatic hydroxyl groups is 2. The van der Waals surface area contributed by atoms with Crippen molar-refractivity contribution in [3.05, 3.63) is 0 Å². The zero-order valence-electron chi connectivity index (χ0n) is 10.8. The highest BCUT2D eigenvalue weighted by molar-refractivity contribution is 4.72. The fraction of sp³-hybridized carbons (Fsp3) is 1.00. The van der Waals surface area contributed by atoms with Crippen LogP contribution in [0, 0.1) is 0 Å². The van der Waals surface area contributed by atoms with Gasteiger partial charge in [-0.25, -0.2) is 0 Å². The first-order chi connectivity index (χ1) is 8.36. The molecule has 4 heteroatoms. The van der Waals surface area contributed by atoms with E-state index in [2.05, 4.69) is 4.90 Å². The van der Waals surface area contributed by atoms with Crippen molar-refractivity contribution < 1.29 is 14.9 Å². The van der Waals surface area contributed by atoms with Gasteiger partial charge in [-0.1, -0.05) is 12.8 Å². The first kappa shape index (κ1) is 14.9. The average molecular weight is 245 g/mol. The van der Waals surface area contributed by atoms with Crippen molar-refractivity contribution in [1.29, 1.82) is 0 Å². The summed E-state index contributed by atoms with van der Waals surface area (Å²) in [6, 6.07) is 0. The van der Waals surface area contributed by atoms with E-state index < -0.39 is 0 Å². The topological polar surface area (TPSA) is 52.9 Å². The molecule has 1 saturated heterocycles. The summed E-state index contributed by atoms with van der Waals surface area (Å²) < 4.78 is 5.53. The molecule has 1 aliphatic heterocycles. The van der Waals surface area contributed by atoms with E-state index in [1.165, 1.54) is 19.4 Å². The van der Waals surface area contributed by atoms with Crippen molar-refractivity contribution in [1.82, 2.24) is 4.90 Å². The number of aliphatic hydroxyl groups excluding tert-OH is 2. The van der Waals surface area contributed by atoms with Crippen LogP contribution in [0.25, 0.3) is 0 Å². The van der Waals surface area contributed by atoms with Crippen molar-refractivity contribution in [2.24, 2.45) is 0 Å². The lowest BCUT2D eigenvalue weighted by Gasteiger charge is -2.31. The molecule has 4 nitrogen and oxygen atoms in total. The van der Waals surface area contributed by atoms with Crippen LogP contribution in [0.5, 0.6) is 0 Å². The molecular weight excluding hydrogens is 218 g/mol. The highest BCUT2D eigenvalue weighted by Gasteiger charge is 2.18. The van der Waals surface area contributed by atoms with Gasteiger partial charge in [-0.2, -0.15) is 0 Å². The van der Waals surface area contributed by atoms with Gasteiger partial charge in [-0.3, -0.25) is 0 Å². The Hall–Kier alpha value is -0.160. The molecule has 0 bridgehead atoms. The minimum absolute atomic E-state index is 0.130. The zero-order chi connectivity index (χ0) is 12.3. The Kier molecular flexibility index (Phi) is 8.61. The molecule has 0 saturated carbocycles. The molecule has 1 heterocycles. The van der Waals surface area contributed by atoms with Crippen LogP contribution in [-0.2, 0) is 4.74 Å². The Morgan fingerprint density at radius 3 is 2.29 bits per heavy atom. The number of ether oxygens (including phenoxy) is 1. The van der Waals surface area contributed by atoms with Crippen molar-refractivity contribution in [2.75, 3.05) is 39.5 Å². The van der Waals surface area contributed by atoms with Gasteiger partial charge >= 0.3 is 0 Å². The van der Waals surface area contributed by atoms with Gasteiger partial charge < -0.3 is 19.8 Å². The Bertz CT molecular complexity index is 167. The van der Waals surface area contributed by atoms with Gasteiger partial charge in [0.05, 0.1) is 19.3 Å². The summed E-state index contributed by atoms with van der Waals surface area (Å²) in [7, 11) is 0. The molecule has 0 spiro atoms. The van der Waals surface area contributed by atoms with Crippen LogP contribution < -0.4 is 0 Å². The highest BCUT2D eigenvalue weighted by Crippen LogP contribution is 2.14. The fourth-order valence-corrected chi connectivity index (χ4v) is 2.32. The van der Waals surface area contributed by atoms with E-state index in [9.17, 15) is 0 Å². The highest BCUT2D eigenvalue weighted by atomic mass is 16.5. The van der Waals surface area contributed by atoms with E-state index in [-0.39, 0.29) is 6.61 Å². The quantitative estimate of drug-likeness (QED) is 0.595. The van der Waals surface area contributed by atoms with E-state index >= 15 is 0 Å². The second-order valence-corrected chi connectivity index (χ2v) is 4.77. The summed E-state index contributed by atoms with van der Waals surface area (Å²) in [5, 5.41) is 17.4. The van der Waals surface area contributed by atoms with Gasteiger partial charge in [0.15, 0.2) is 0 Å². The number of nitrogens with zero attached hydrogens (tertiary/aromatic N) is 1. The fourth-order valence-electron chi connectivity index (χ4n) is 2.32. The molecule has 0 atom stereocenters. The average Bonchev–Trinajstić information content (AvgIpc) is 2.37. The molecule has 102 valence electrons. The number of unbranched alkanes of at least 4 members (excludes halogenated alkanes) is 3. The summed E-state index contributed by atoms with van der Waals surface area (Å²) in [6.07, 6.45) is 7.09.